The molecule has 2 aromatic rings. The van der Waals surface area contributed by atoms with Crippen molar-refractivity contribution in [1.82, 2.24) is 15.2 Å². The molecule has 0 saturated heterocycles. The van der Waals surface area contributed by atoms with Gasteiger partial charge in [-0.1, -0.05) is 29.8 Å². The number of aromatic nitrogens is 1. The zero-order valence-corrected chi connectivity index (χ0v) is 14.5. The van der Waals surface area contributed by atoms with Gasteiger partial charge in [0.15, 0.2) is 0 Å². The molecule has 0 spiro atoms. The van der Waals surface area contributed by atoms with E-state index in [1.807, 2.05) is 32.0 Å². The van der Waals surface area contributed by atoms with Crippen LogP contribution in [0.1, 0.15) is 40.3 Å². The van der Waals surface area contributed by atoms with Gasteiger partial charge in [-0.2, -0.15) is 0 Å². The topological polar surface area (TPSA) is 62.3 Å². The number of hydrogen-bond acceptors (Lipinski definition) is 3. The molecule has 0 radical (unpaired) electrons. The van der Waals surface area contributed by atoms with Gasteiger partial charge >= 0.3 is 0 Å². The summed E-state index contributed by atoms with van der Waals surface area (Å²) in [5, 5.41) is 3.36. The van der Waals surface area contributed by atoms with Crippen LogP contribution in [0.15, 0.2) is 42.6 Å². The lowest BCUT2D eigenvalue weighted by Crippen LogP contribution is -2.31. The number of pyridine rings is 1. The van der Waals surface area contributed by atoms with Crippen molar-refractivity contribution in [3.05, 3.63) is 64.4 Å². The van der Waals surface area contributed by atoms with Crippen molar-refractivity contribution >= 4 is 23.4 Å². The smallest absolute Gasteiger partial charge is 0.270 e. The van der Waals surface area contributed by atoms with E-state index in [9.17, 15) is 9.59 Å². The molecular formula is C18H20ClN3O2. The fourth-order valence-electron chi connectivity index (χ4n) is 2.29. The SMILES string of the molecule is CCN(CC)C(=O)c1ccnc(C(=O)NCc2ccccc2Cl)c1. The first-order chi connectivity index (χ1) is 11.6. The van der Waals surface area contributed by atoms with Gasteiger partial charge in [0, 0.05) is 36.4 Å². The van der Waals surface area contributed by atoms with Crippen LogP contribution in [0.2, 0.25) is 5.02 Å². The second-order valence-corrected chi connectivity index (χ2v) is 5.59. The standard InChI is InChI=1S/C18H20ClN3O2/c1-3-22(4-2)18(24)13-9-10-20-16(11-13)17(23)21-12-14-7-5-6-8-15(14)19/h5-11H,3-4,12H2,1-2H3,(H,21,23). The van der Waals surface area contributed by atoms with Crippen LogP contribution in [-0.4, -0.2) is 34.8 Å². The molecule has 0 bridgehead atoms. The molecule has 1 heterocycles. The Morgan fingerprint density at radius 1 is 1.17 bits per heavy atom. The predicted molar refractivity (Wildman–Crippen MR) is 94.1 cm³/mol. The zero-order valence-electron chi connectivity index (χ0n) is 13.8. The summed E-state index contributed by atoms with van der Waals surface area (Å²) >= 11 is 6.07. The molecule has 6 heteroatoms. The van der Waals surface area contributed by atoms with E-state index < -0.39 is 0 Å². The fourth-order valence-corrected chi connectivity index (χ4v) is 2.49. The number of hydrogen-bond donors (Lipinski definition) is 1. The lowest BCUT2D eigenvalue weighted by atomic mass is 10.2. The van der Waals surface area contributed by atoms with Gasteiger partial charge in [0.05, 0.1) is 0 Å². The van der Waals surface area contributed by atoms with Gasteiger partial charge in [0.25, 0.3) is 11.8 Å². The summed E-state index contributed by atoms with van der Waals surface area (Å²) in [6, 6.07) is 10.4. The summed E-state index contributed by atoms with van der Waals surface area (Å²) in [5.74, 6) is -0.452. The number of halogens is 1. The quantitative estimate of drug-likeness (QED) is 0.874. The number of carbonyl (C=O) groups is 2. The van der Waals surface area contributed by atoms with E-state index in [-0.39, 0.29) is 17.5 Å². The summed E-state index contributed by atoms with van der Waals surface area (Å²) < 4.78 is 0. The predicted octanol–water partition coefficient (Wildman–Crippen LogP) is 3.15. The van der Waals surface area contributed by atoms with Crippen molar-refractivity contribution < 1.29 is 9.59 Å². The van der Waals surface area contributed by atoms with Gasteiger partial charge in [0.2, 0.25) is 0 Å². The molecule has 1 aromatic carbocycles. The van der Waals surface area contributed by atoms with Gasteiger partial charge in [-0.25, -0.2) is 0 Å². The Balaban J connectivity index is 2.09. The van der Waals surface area contributed by atoms with Gasteiger partial charge in [-0.15, -0.1) is 0 Å². The number of benzene rings is 1. The van der Waals surface area contributed by atoms with E-state index in [4.69, 9.17) is 11.6 Å². The Morgan fingerprint density at radius 3 is 2.54 bits per heavy atom. The van der Waals surface area contributed by atoms with Crippen LogP contribution < -0.4 is 5.32 Å². The molecule has 126 valence electrons. The van der Waals surface area contributed by atoms with Crippen LogP contribution in [0.3, 0.4) is 0 Å². The van der Waals surface area contributed by atoms with Crippen LogP contribution in [0, 0.1) is 0 Å². The van der Waals surface area contributed by atoms with E-state index in [1.54, 1.807) is 17.0 Å². The molecule has 0 aliphatic carbocycles. The Bertz CT molecular complexity index is 730. The van der Waals surface area contributed by atoms with Gasteiger partial charge in [-0.05, 0) is 37.6 Å². The maximum Gasteiger partial charge on any atom is 0.270 e. The Kier molecular flexibility index (Phi) is 6.32. The first kappa shape index (κ1) is 17.9. The second-order valence-electron chi connectivity index (χ2n) is 5.18. The van der Waals surface area contributed by atoms with Crippen molar-refractivity contribution in [3.8, 4) is 0 Å². The van der Waals surface area contributed by atoms with Crippen molar-refractivity contribution in [1.29, 1.82) is 0 Å². The number of amides is 2. The minimum atomic E-state index is -0.343. The molecule has 0 fully saturated rings. The molecule has 0 atom stereocenters. The van der Waals surface area contributed by atoms with Crippen LogP contribution in [0.4, 0.5) is 0 Å². The van der Waals surface area contributed by atoms with Crippen molar-refractivity contribution in [2.45, 2.75) is 20.4 Å². The van der Waals surface area contributed by atoms with E-state index in [0.717, 1.165) is 5.56 Å². The molecule has 5 nitrogen and oxygen atoms in total. The van der Waals surface area contributed by atoms with E-state index in [2.05, 4.69) is 10.3 Å². The van der Waals surface area contributed by atoms with Crippen molar-refractivity contribution in [3.63, 3.8) is 0 Å². The van der Waals surface area contributed by atoms with Gasteiger partial charge in [0.1, 0.15) is 5.69 Å². The van der Waals surface area contributed by atoms with Gasteiger partial charge < -0.3 is 10.2 Å². The third-order valence-electron chi connectivity index (χ3n) is 3.69. The molecule has 1 aromatic heterocycles. The highest BCUT2D eigenvalue weighted by molar-refractivity contribution is 6.31. The molecule has 1 N–H and O–H groups in total. The van der Waals surface area contributed by atoms with Crippen LogP contribution in [0.25, 0.3) is 0 Å². The number of carbonyl (C=O) groups excluding carboxylic acids is 2. The molecule has 0 aliphatic heterocycles. The van der Waals surface area contributed by atoms with E-state index in [1.165, 1.54) is 12.3 Å². The summed E-state index contributed by atoms with van der Waals surface area (Å²) in [6.45, 7) is 5.37. The maximum absolute atomic E-state index is 12.4. The van der Waals surface area contributed by atoms with Crippen LogP contribution in [-0.2, 0) is 6.54 Å². The number of nitrogens with one attached hydrogen (secondary N) is 1. The van der Waals surface area contributed by atoms with Crippen LogP contribution in [0.5, 0.6) is 0 Å². The third kappa shape index (κ3) is 4.32. The first-order valence-corrected chi connectivity index (χ1v) is 8.21. The molecule has 0 unspecified atom stereocenters. The van der Waals surface area contributed by atoms with Crippen molar-refractivity contribution in [2.75, 3.05) is 13.1 Å². The second kappa shape index (κ2) is 8.45. The first-order valence-electron chi connectivity index (χ1n) is 7.83. The highest BCUT2D eigenvalue weighted by Gasteiger charge is 2.15. The Morgan fingerprint density at radius 2 is 1.88 bits per heavy atom. The minimum absolute atomic E-state index is 0.109. The monoisotopic (exact) mass is 345 g/mol. The maximum atomic E-state index is 12.4. The zero-order chi connectivity index (χ0) is 17.5. The van der Waals surface area contributed by atoms with Gasteiger partial charge in [-0.3, -0.25) is 14.6 Å². The lowest BCUT2D eigenvalue weighted by molar-refractivity contribution is 0.0773. The fraction of sp³-hybridized carbons (Fsp3) is 0.278. The molecule has 24 heavy (non-hydrogen) atoms. The summed E-state index contributed by atoms with van der Waals surface area (Å²) in [4.78, 5) is 30.4. The molecule has 2 rings (SSSR count). The molecule has 0 saturated carbocycles. The lowest BCUT2D eigenvalue weighted by Gasteiger charge is -2.18. The molecule has 2 amide bonds. The highest BCUT2D eigenvalue weighted by Crippen LogP contribution is 2.14. The number of nitrogens with zero attached hydrogens (tertiary/aromatic N) is 2. The highest BCUT2D eigenvalue weighted by atomic mass is 35.5. The minimum Gasteiger partial charge on any atom is -0.347 e. The summed E-state index contributed by atoms with van der Waals surface area (Å²) in [6.07, 6.45) is 1.47. The van der Waals surface area contributed by atoms with Crippen LogP contribution >= 0.6 is 11.6 Å². The largest absolute Gasteiger partial charge is 0.347 e. The Labute approximate surface area is 146 Å². The Hall–Kier alpha value is -2.40. The average Bonchev–Trinajstić information content (AvgIpc) is 2.62. The summed E-state index contributed by atoms with van der Waals surface area (Å²) in [7, 11) is 0. The normalized spacial score (nSPS) is 10.3. The van der Waals surface area contributed by atoms with E-state index in [0.29, 0.717) is 30.2 Å². The summed E-state index contributed by atoms with van der Waals surface area (Å²) in [5.41, 5.74) is 1.49. The number of rotatable bonds is 6. The average molecular weight is 346 g/mol. The molecular weight excluding hydrogens is 326 g/mol. The third-order valence-corrected chi connectivity index (χ3v) is 4.06. The van der Waals surface area contributed by atoms with E-state index >= 15 is 0 Å². The van der Waals surface area contributed by atoms with Crippen molar-refractivity contribution in [2.24, 2.45) is 0 Å². The molecule has 0 aliphatic rings.